The van der Waals surface area contributed by atoms with Crippen molar-refractivity contribution in [2.24, 2.45) is 10.4 Å². The van der Waals surface area contributed by atoms with Crippen molar-refractivity contribution in [2.45, 2.75) is 53.3 Å². The number of halogens is 2. The Labute approximate surface area is 217 Å². The summed E-state index contributed by atoms with van der Waals surface area (Å²) < 4.78 is 7.93. The lowest BCUT2D eigenvalue weighted by Crippen LogP contribution is -2.50. The van der Waals surface area contributed by atoms with Gasteiger partial charge in [-0.2, -0.15) is 0 Å². The van der Waals surface area contributed by atoms with Gasteiger partial charge in [-0.3, -0.25) is 14.3 Å². The molecule has 3 rings (SSSR count). The summed E-state index contributed by atoms with van der Waals surface area (Å²) in [6.45, 7) is 6.85. The van der Waals surface area contributed by atoms with E-state index in [4.69, 9.17) is 27.9 Å². The van der Waals surface area contributed by atoms with Gasteiger partial charge in [0.25, 0.3) is 0 Å². The van der Waals surface area contributed by atoms with E-state index in [1.165, 1.54) is 18.4 Å². The van der Waals surface area contributed by atoms with Gasteiger partial charge in [-0.15, -0.1) is 0 Å². The standard InChI is InChI=1S/C25H28Cl2N4O5/c1-15(2)36-20-10-9-18(13-19(20)27)28-22-29-23(34)30(12-11-25(3,4)21(32)33)24(35)31(22)14-16-5-7-17(26)8-6-16/h5-10,13,15H,11-12,14H2,1-4H3,(H,32,33)(H,28,29,34). The number of nitrogens with zero attached hydrogens (tertiary/aromatic N) is 3. The van der Waals surface area contributed by atoms with E-state index in [1.807, 2.05) is 13.8 Å². The number of carboxylic acid groups (broad SMARTS) is 1. The SMILES string of the molecule is CC(C)Oc1ccc(/N=c2\[nH]c(=O)n(CCC(C)(C)C(=O)O)c(=O)n2Cc2ccc(Cl)cc2)cc1Cl. The molecule has 1 aromatic heterocycles. The van der Waals surface area contributed by atoms with Crippen molar-refractivity contribution in [1.29, 1.82) is 0 Å². The number of aliphatic carboxylic acids is 1. The van der Waals surface area contributed by atoms with Crippen LogP contribution in [0.2, 0.25) is 10.0 Å². The number of nitrogens with one attached hydrogen (secondary N) is 1. The van der Waals surface area contributed by atoms with E-state index in [0.29, 0.717) is 21.5 Å². The molecule has 0 amide bonds. The molecule has 0 saturated heterocycles. The lowest BCUT2D eigenvalue weighted by atomic mass is 9.90. The Morgan fingerprint density at radius 3 is 2.36 bits per heavy atom. The molecule has 9 nitrogen and oxygen atoms in total. The molecule has 0 saturated carbocycles. The van der Waals surface area contributed by atoms with Crippen molar-refractivity contribution in [2.75, 3.05) is 0 Å². The first-order valence-electron chi connectivity index (χ1n) is 11.3. The Hall–Kier alpha value is -3.30. The number of benzene rings is 2. The summed E-state index contributed by atoms with van der Waals surface area (Å²) in [7, 11) is 0. The van der Waals surface area contributed by atoms with Gasteiger partial charge in [-0.1, -0.05) is 35.3 Å². The van der Waals surface area contributed by atoms with Crippen LogP contribution in [0.4, 0.5) is 5.69 Å². The average Bonchev–Trinajstić information content (AvgIpc) is 2.79. The first-order valence-corrected chi connectivity index (χ1v) is 12.1. The van der Waals surface area contributed by atoms with Gasteiger partial charge in [0.1, 0.15) is 5.75 Å². The Balaban J connectivity index is 2.13. The summed E-state index contributed by atoms with van der Waals surface area (Å²) in [5.74, 6) is -0.529. The van der Waals surface area contributed by atoms with E-state index in [0.717, 1.165) is 10.1 Å². The fourth-order valence-electron chi connectivity index (χ4n) is 3.28. The largest absolute Gasteiger partial charge is 0.489 e. The van der Waals surface area contributed by atoms with E-state index in [1.54, 1.807) is 42.5 Å². The quantitative estimate of drug-likeness (QED) is 0.426. The third-order valence-electron chi connectivity index (χ3n) is 5.49. The van der Waals surface area contributed by atoms with Gasteiger partial charge in [0.2, 0.25) is 5.62 Å². The Morgan fingerprint density at radius 1 is 1.11 bits per heavy atom. The molecule has 0 atom stereocenters. The molecule has 2 N–H and O–H groups in total. The van der Waals surface area contributed by atoms with Crippen LogP contribution in [0.1, 0.15) is 39.7 Å². The molecule has 0 aliphatic heterocycles. The lowest BCUT2D eigenvalue weighted by molar-refractivity contribution is -0.147. The molecule has 0 aliphatic carbocycles. The minimum Gasteiger partial charge on any atom is -0.489 e. The fourth-order valence-corrected chi connectivity index (χ4v) is 3.63. The van der Waals surface area contributed by atoms with Gasteiger partial charge in [0.05, 0.1) is 28.8 Å². The molecule has 0 bridgehead atoms. The van der Waals surface area contributed by atoms with E-state index in [-0.39, 0.29) is 31.2 Å². The molecular weight excluding hydrogens is 507 g/mol. The highest BCUT2D eigenvalue weighted by Gasteiger charge is 2.27. The number of aromatic nitrogens is 3. The average molecular weight is 535 g/mol. The normalized spacial score (nSPS) is 12.2. The van der Waals surface area contributed by atoms with Crippen LogP contribution in [0.15, 0.2) is 57.0 Å². The number of aromatic amines is 1. The van der Waals surface area contributed by atoms with Gasteiger partial charge in [0.15, 0.2) is 0 Å². The molecule has 1 heterocycles. The highest BCUT2D eigenvalue weighted by molar-refractivity contribution is 6.32. The predicted octanol–water partition coefficient (Wildman–Crippen LogP) is 4.21. The topological polar surface area (TPSA) is 119 Å². The summed E-state index contributed by atoms with van der Waals surface area (Å²) in [6, 6.07) is 11.8. The van der Waals surface area contributed by atoms with Crippen molar-refractivity contribution in [3.63, 3.8) is 0 Å². The third-order valence-corrected chi connectivity index (χ3v) is 6.04. The van der Waals surface area contributed by atoms with Crippen LogP contribution in [0.5, 0.6) is 5.75 Å². The van der Waals surface area contributed by atoms with Crippen molar-refractivity contribution < 1.29 is 14.6 Å². The zero-order valence-electron chi connectivity index (χ0n) is 20.4. The zero-order valence-corrected chi connectivity index (χ0v) is 21.9. The molecule has 0 fully saturated rings. The van der Waals surface area contributed by atoms with E-state index >= 15 is 0 Å². The zero-order chi connectivity index (χ0) is 26.6. The summed E-state index contributed by atoms with van der Waals surface area (Å²) in [5, 5.41) is 10.3. The minimum atomic E-state index is -1.12. The first-order chi connectivity index (χ1) is 16.9. The minimum absolute atomic E-state index is 0.0160. The Morgan fingerprint density at radius 2 is 1.78 bits per heavy atom. The molecule has 3 aromatic rings. The first kappa shape index (κ1) is 27.3. The molecule has 192 valence electrons. The second kappa shape index (κ2) is 11.2. The van der Waals surface area contributed by atoms with Gasteiger partial charge < -0.3 is 9.84 Å². The molecule has 2 aromatic carbocycles. The van der Waals surface area contributed by atoms with Crippen molar-refractivity contribution in [3.8, 4) is 5.75 Å². The Kier molecular flexibility index (Phi) is 8.47. The summed E-state index contributed by atoms with van der Waals surface area (Å²) in [4.78, 5) is 44.9. The van der Waals surface area contributed by atoms with Crippen LogP contribution in [0.3, 0.4) is 0 Å². The number of rotatable bonds is 9. The second-order valence-electron chi connectivity index (χ2n) is 9.23. The van der Waals surface area contributed by atoms with Crippen LogP contribution >= 0.6 is 23.2 Å². The summed E-state index contributed by atoms with van der Waals surface area (Å²) in [5.41, 5.74) is -1.27. The molecule has 11 heteroatoms. The Bertz CT molecular complexity index is 1440. The van der Waals surface area contributed by atoms with Crippen LogP contribution < -0.4 is 21.7 Å². The highest BCUT2D eigenvalue weighted by Crippen LogP contribution is 2.29. The van der Waals surface area contributed by atoms with E-state index in [2.05, 4.69) is 9.98 Å². The lowest BCUT2D eigenvalue weighted by Gasteiger charge is -2.19. The van der Waals surface area contributed by atoms with Crippen molar-refractivity contribution in [3.05, 3.63) is 84.7 Å². The van der Waals surface area contributed by atoms with Crippen LogP contribution in [0.25, 0.3) is 0 Å². The number of H-pyrrole nitrogens is 1. The molecule has 36 heavy (non-hydrogen) atoms. The second-order valence-corrected chi connectivity index (χ2v) is 10.1. The van der Waals surface area contributed by atoms with Crippen LogP contribution in [-0.4, -0.2) is 31.3 Å². The molecular formula is C25H28Cl2N4O5. The van der Waals surface area contributed by atoms with E-state index in [9.17, 15) is 19.5 Å². The van der Waals surface area contributed by atoms with Gasteiger partial charge in [0, 0.05) is 11.6 Å². The summed E-state index contributed by atoms with van der Waals surface area (Å²) >= 11 is 12.3. The van der Waals surface area contributed by atoms with Crippen LogP contribution in [-0.2, 0) is 17.9 Å². The smallest absolute Gasteiger partial charge is 0.335 e. The van der Waals surface area contributed by atoms with Crippen molar-refractivity contribution in [1.82, 2.24) is 14.1 Å². The maximum atomic E-state index is 13.4. The maximum absolute atomic E-state index is 13.4. The monoisotopic (exact) mass is 534 g/mol. The van der Waals surface area contributed by atoms with Gasteiger partial charge >= 0.3 is 17.3 Å². The number of ether oxygens (including phenoxy) is 1. The summed E-state index contributed by atoms with van der Waals surface area (Å²) in [6.07, 6.45) is 0.0113. The van der Waals surface area contributed by atoms with Crippen molar-refractivity contribution >= 4 is 34.9 Å². The van der Waals surface area contributed by atoms with Crippen LogP contribution in [0, 0.1) is 5.41 Å². The number of carboxylic acids is 1. The maximum Gasteiger partial charge on any atom is 0.335 e. The molecule has 0 spiro atoms. The number of hydrogen-bond donors (Lipinski definition) is 2. The van der Waals surface area contributed by atoms with E-state index < -0.39 is 22.8 Å². The third kappa shape index (κ3) is 6.67. The fraction of sp³-hybridized carbons (Fsp3) is 0.360. The van der Waals surface area contributed by atoms with Gasteiger partial charge in [-0.25, -0.2) is 19.1 Å². The molecule has 0 radical (unpaired) electrons. The molecule has 0 aliphatic rings. The number of hydrogen-bond acceptors (Lipinski definition) is 5. The molecule has 0 unspecified atom stereocenters. The number of carbonyl (C=O) groups is 1. The highest BCUT2D eigenvalue weighted by atomic mass is 35.5. The van der Waals surface area contributed by atoms with Gasteiger partial charge in [-0.05, 0) is 70.0 Å². The predicted molar refractivity (Wildman–Crippen MR) is 138 cm³/mol.